The standard InChI is InChI=1S/C5H11O6P/c1-4(5(6)7)11-12(8,9-2)10-3/h4H,1-3H3,(H,6,7)/t4-/m1/s1. The van der Waals surface area contributed by atoms with Crippen LogP contribution in [0.15, 0.2) is 0 Å². The molecule has 0 heterocycles. The maximum absolute atomic E-state index is 11.1. The summed E-state index contributed by atoms with van der Waals surface area (Å²) in [6.07, 6.45) is -1.23. The van der Waals surface area contributed by atoms with E-state index in [1.54, 1.807) is 0 Å². The first-order chi connectivity index (χ1) is 5.45. The molecular weight excluding hydrogens is 187 g/mol. The van der Waals surface area contributed by atoms with E-state index in [2.05, 4.69) is 13.6 Å². The van der Waals surface area contributed by atoms with Crippen LogP contribution in [0.3, 0.4) is 0 Å². The normalized spacial score (nSPS) is 14.2. The fourth-order valence-electron chi connectivity index (χ4n) is 0.399. The van der Waals surface area contributed by atoms with Gasteiger partial charge in [0.25, 0.3) is 0 Å². The Hall–Kier alpha value is -0.420. The minimum atomic E-state index is -3.67. The Labute approximate surface area is 70.0 Å². The van der Waals surface area contributed by atoms with Gasteiger partial charge in [-0.3, -0.25) is 13.6 Å². The van der Waals surface area contributed by atoms with Crippen LogP contribution in [0, 0.1) is 0 Å². The van der Waals surface area contributed by atoms with Gasteiger partial charge in [-0.25, -0.2) is 9.36 Å². The first kappa shape index (κ1) is 11.6. The van der Waals surface area contributed by atoms with Crippen molar-refractivity contribution in [2.75, 3.05) is 14.2 Å². The van der Waals surface area contributed by atoms with Gasteiger partial charge in [0.1, 0.15) is 0 Å². The molecule has 6 nitrogen and oxygen atoms in total. The monoisotopic (exact) mass is 198 g/mol. The molecule has 0 fully saturated rings. The molecule has 1 atom stereocenters. The lowest BCUT2D eigenvalue weighted by Crippen LogP contribution is -2.19. The van der Waals surface area contributed by atoms with Crippen molar-refractivity contribution >= 4 is 13.8 Å². The average molecular weight is 198 g/mol. The Morgan fingerprint density at radius 3 is 2.08 bits per heavy atom. The Morgan fingerprint density at radius 2 is 1.83 bits per heavy atom. The van der Waals surface area contributed by atoms with Crippen LogP contribution in [0.4, 0.5) is 0 Å². The van der Waals surface area contributed by atoms with E-state index in [9.17, 15) is 9.36 Å². The molecule has 0 unspecified atom stereocenters. The number of phosphoric acid groups is 1. The van der Waals surface area contributed by atoms with Gasteiger partial charge in [-0.1, -0.05) is 0 Å². The van der Waals surface area contributed by atoms with Crippen molar-refractivity contribution in [3.8, 4) is 0 Å². The fourth-order valence-corrected chi connectivity index (χ4v) is 1.20. The van der Waals surface area contributed by atoms with Crippen molar-refractivity contribution in [3.63, 3.8) is 0 Å². The number of hydrogen-bond acceptors (Lipinski definition) is 5. The third kappa shape index (κ3) is 3.32. The Balaban J connectivity index is 4.22. The first-order valence-electron chi connectivity index (χ1n) is 3.08. The lowest BCUT2D eigenvalue weighted by molar-refractivity contribution is -0.145. The van der Waals surface area contributed by atoms with Gasteiger partial charge in [-0.15, -0.1) is 0 Å². The van der Waals surface area contributed by atoms with E-state index in [1.165, 1.54) is 6.92 Å². The van der Waals surface area contributed by atoms with Gasteiger partial charge in [-0.05, 0) is 6.92 Å². The van der Waals surface area contributed by atoms with Crippen LogP contribution >= 0.6 is 7.82 Å². The molecule has 0 aromatic heterocycles. The molecule has 0 aliphatic rings. The van der Waals surface area contributed by atoms with Crippen molar-refractivity contribution in [1.82, 2.24) is 0 Å². The molecule has 0 amide bonds. The van der Waals surface area contributed by atoms with E-state index < -0.39 is 19.9 Å². The van der Waals surface area contributed by atoms with E-state index in [1.807, 2.05) is 0 Å². The van der Waals surface area contributed by atoms with Crippen molar-refractivity contribution in [1.29, 1.82) is 0 Å². The summed E-state index contributed by atoms with van der Waals surface area (Å²) in [5, 5.41) is 8.38. The Bertz CT molecular complexity index is 194. The van der Waals surface area contributed by atoms with Gasteiger partial charge in [0.05, 0.1) is 0 Å². The molecule has 0 bridgehead atoms. The van der Waals surface area contributed by atoms with Crippen LogP contribution < -0.4 is 0 Å². The summed E-state index contributed by atoms with van der Waals surface area (Å²) < 4.78 is 24.4. The quantitative estimate of drug-likeness (QED) is 0.660. The highest BCUT2D eigenvalue weighted by molar-refractivity contribution is 7.48. The van der Waals surface area contributed by atoms with Crippen LogP contribution in [0.2, 0.25) is 0 Å². The van der Waals surface area contributed by atoms with Crippen molar-refractivity contribution < 1.29 is 28.0 Å². The Morgan fingerprint density at radius 1 is 1.42 bits per heavy atom. The zero-order chi connectivity index (χ0) is 9.78. The summed E-state index contributed by atoms with van der Waals surface area (Å²) in [4.78, 5) is 10.3. The zero-order valence-corrected chi connectivity index (χ0v) is 7.91. The van der Waals surface area contributed by atoms with E-state index in [0.29, 0.717) is 0 Å². The number of phosphoric ester groups is 1. The van der Waals surface area contributed by atoms with Crippen LogP contribution in [0.1, 0.15) is 6.92 Å². The second kappa shape index (κ2) is 4.57. The van der Waals surface area contributed by atoms with Crippen LogP contribution in [-0.2, 0) is 22.9 Å². The van der Waals surface area contributed by atoms with Crippen LogP contribution in [-0.4, -0.2) is 31.4 Å². The van der Waals surface area contributed by atoms with Crippen molar-refractivity contribution in [2.45, 2.75) is 13.0 Å². The third-order valence-corrected chi connectivity index (χ3v) is 2.55. The molecule has 72 valence electrons. The summed E-state index contributed by atoms with van der Waals surface area (Å²) in [5.74, 6) is -1.23. The summed E-state index contributed by atoms with van der Waals surface area (Å²) in [6.45, 7) is 1.23. The van der Waals surface area contributed by atoms with Gasteiger partial charge in [0.2, 0.25) is 0 Å². The number of hydrogen-bond donors (Lipinski definition) is 1. The molecule has 0 aliphatic carbocycles. The lowest BCUT2D eigenvalue weighted by Gasteiger charge is -2.15. The number of aliphatic carboxylic acids is 1. The topological polar surface area (TPSA) is 82.1 Å². The third-order valence-electron chi connectivity index (χ3n) is 1.08. The second-order valence-electron chi connectivity index (χ2n) is 1.90. The molecular formula is C5H11O6P. The summed E-state index contributed by atoms with van der Waals surface area (Å²) in [6, 6.07) is 0. The SMILES string of the molecule is COP(=O)(OC)O[C@H](C)C(=O)O. The highest BCUT2D eigenvalue weighted by Crippen LogP contribution is 2.48. The van der Waals surface area contributed by atoms with Gasteiger partial charge >= 0.3 is 13.8 Å². The van der Waals surface area contributed by atoms with Gasteiger partial charge < -0.3 is 5.11 Å². The number of carboxylic acid groups (broad SMARTS) is 1. The molecule has 0 aliphatic heterocycles. The zero-order valence-electron chi connectivity index (χ0n) is 7.01. The highest BCUT2D eigenvalue weighted by atomic mass is 31.2. The molecule has 12 heavy (non-hydrogen) atoms. The van der Waals surface area contributed by atoms with Crippen molar-refractivity contribution in [2.24, 2.45) is 0 Å². The molecule has 0 aromatic rings. The van der Waals surface area contributed by atoms with E-state index in [0.717, 1.165) is 14.2 Å². The molecule has 0 saturated heterocycles. The molecule has 0 saturated carbocycles. The minimum absolute atomic E-state index is 1.11. The second-order valence-corrected chi connectivity index (χ2v) is 3.73. The van der Waals surface area contributed by atoms with Crippen LogP contribution in [0.5, 0.6) is 0 Å². The van der Waals surface area contributed by atoms with E-state index in [-0.39, 0.29) is 0 Å². The number of carbonyl (C=O) groups is 1. The van der Waals surface area contributed by atoms with Gasteiger partial charge in [-0.2, -0.15) is 0 Å². The largest absolute Gasteiger partial charge is 0.479 e. The van der Waals surface area contributed by atoms with E-state index in [4.69, 9.17) is 5.11 Å². The number of rotatable bonds is 5. The first-order valence-corrected chi connectivity index (χ1v) is 4.54. The van der Waals surface area contributed by atoms with Gasteiger partial charge in [0, 0.05) is 14.2 Å². The summed E-state index contributed by atoms with van der Waals surface area (Å²) in [5.41, 5.74) is 0. The molecule has 1 N–H and O–H groups in total. The lowest BCUT2D eigenvalue weighted by atomic mass is 10.4. The summed E-state index contributed by atoms with van der Waals surface area (Å²) in [7, 11) is -1.45. The molecule has 7 heteroatoms. The average Bonchev–Trinajstić information content (AvgIpc) is 2.04. The predicted molar refractivity (Wildman–Crippen MR) is 39.8 cm³/mol. The predicted octanol–water partition coefficient (Wildman–Crippen LogP) is 0.877. The van der Waals surface area contributed by atoms with E-state index >= 15 is 0 Å². The summed E-state index contributed by atoms with van der Waals surface area (Å²) >= 11 is 0. The van der Waals surface area contributed by atoms with Gasteiger partial charge in [0.15, 0.2) is 6.10 Å². The molecule has 0 spiro atoms. The number of carboxylic acids is 1. The molecule has 0 aromatic carbocycles. The fraction of sp³-hybridized carbons (Fsp3) is 0.800. The highest BCUT2D eigenvalue weighted by Gasteiger charge is 2.28. The Kier molecular flexibility index (Phi) is 4.41. The smallest absolute Gasteiger partial charge is 0.475 e. The maximum Gasteiger partial charge on any atom is 0.475 e. The molecule has 0 radical (unpaired) electrons. The minimum Gasteiger partial charge on any atom is -0.479 e. The van der Waals surface area contributed by atoms with Crippen molar-refractivity contribution in [3.05, 3.63) is 0 Å². The van der Waals surface area contributed by atoms with Crippen LogP contribution in [0.25, 0.3) is 0 Å². The maximum atomic E-state index is 11.1. The molecule has 0 rings (SSSR count).